The van der Waals surface area contributed by atoms with Crippen LogP contribution in [0.3, 0.4) is 0 Å². The number of rotatable bonds is 5. The van der Waals surface area contributed by atoms with E-state index in [2.05, 4.69) is 27.2 Å². The van der Waals surface area contributed by atoms with E-state index in [1.807, 2.05) is 6.92 Å². The summed E-state index contributed by atoms with van der Waals surface area (Å²) in [5, 5.41) is 3.35. The lowest BCUT2D eigenvalue weighted by Gasteiger charge is -2.23. The predicted molar refractivity (Wildman–Crippen MR) is 68.1 cm³/mol. The van der Waals surface area contributed by atoms with Gasteiger partial charge in [0.1, 0.15) is 0 Å². The molecule has 0 spiro atoms. The second-order valence-electron chi connectivity index (χ2n) is 4.55. The molecule has 7 heteroatoms. The molecule has 1 unspecified atom stereocenters. The molecule has 0 bridgehead atoms. The second-order valence-corrected chi connectivity index (χ2v) is 4.89. The standard InChI is InChI=1S/C11H17ClN4O2/c1-3-5-18-10-14-8(12)13-9(15-10)16-11(2)4-6-17-7-11/h3-7H2,1-2H3,(H,13,14,15,16). The van der Waals surface area contributed by atoms with E-state index in [1.54, 1.807) is 0 Å². The monoisotopic (exact) mass is 272 g/mol. The minimum Gasteiger partial charge on any atom is -0.463 e. The molecule has 0 aromatic carbocycles. The number of aromatic nitrogens is 3. The third-order valence-electron chi connectivity index (χ3n) is 2.66. The minimum absolute atomic E-state index is 0.126. The van der Waals surface area contributed by atoms with E-state index >= 15 is 0 Å². The van der Waals surface area contributed by atoms with Crippen molar-refractivity contribution in [3.8, 4) is 6.01 Å². The summed E-state index contributed by atoms with van der Waals surface area (Å²) in [7, 11) is 0. The van der Waals surface area contributed by atoms with Gasteiger partial charge in [-0.3, -0.25) is 0 Å². The molecule has 0 amide bonds. The fraction of sp³-hybridized carbons (Fsp3) is 0.727. The Balaban J connectivity index is 2.09. The van der Waals surface area contributed by atoms with Gasteiger partial charge in [-0.1, -0.05) is 6.92 Å². The zero-order chi connectivity index (χ0) is 13.0. The summed E-state index contributed by atoms with van der Waals surface area (Å²) in [4.78, 5) is 12.1. The van der Waals surface area contributed by atoms with Crippen molar-refractivity contribution >= 4 is 17.5 Å². The number of hydrogen-bond acceptors (Lipinski definition) is 6. The van der Waals surface area contributed by atoms with E-state index in [1.165, 1.54) is 0 Å². The number of halogens is 1. The molecule has 1 aromatic rings. The molecule has 100 valence electrons. The van der Waals surface area contributed by atoms with Gasteiger partial charge in [-0.25, -0.2) is 0 Å². The zero-order valence-corrected chi connectivity index (χ0v) is 11.3. The van der Waals surface area contributed by atoms with Crippen molar-refractivity contribution in [2.24, 2.45) is 0 Å². The molecule has 0 aliphatic carbocycles. The lowest BCUT2D eigenvalue weighted by atomic mass is 10.0. The van der Waals surface area contributed by atoms with Crippen molar-refractivity contribution in [1.29, 1.82) is 0 Å². The Labute approximate surface area is 111 Å². The SMILES string of the molecule is CCCOc1nc(Cl)nc(NC2(C)CCOC2)n1. The summed E-state index contributed by atoms with van der Waals surface area (Å²) in [6.45, 7) is 5.99. The Morgan fingerprint density at radius 1 is 1.44 bits per heavy atom. The first-order valence-electron chi connectivity index (χ1n) is 6.01. The molecule has 1 fully saturated rings. The van der Waals surface area contributed by atoms with Gasteiger partial charge in [0.15, 0.2) is 0 Å². The van der Waals surface area contributed by atoms with Gasteiger partial charge < -0.3 is 14.8 Å². The molecule has 1 saturated heterocycles. The van der Waals surface area contributed by atoms with Gasteiger partial charge in [0.2, 0.25) is 11.2 Å². The molecule has 1 N–H and O–H groups in total. The molecule has 1 atom stereocenters. The quantitative estimate of drug-likeness (QED) is 0.883. The van der Waals surface area contributed by atoms with Gasteiger partial charge in [0, 0.05) is 6.61 Å². The van der Waals surface area contributed by atoms with E-state index in [0.29, 0.717) is 19.2 Å². The van der Waals surface area contributed by atoms with Crippen LogP contribution in [-0.2, 0) is 4.74 Å². The van der Waals surface area contributed by atoms with E-state index in [9.17, 15) is 0 Å². The molecular formula is C11H17ClN4O2. The highest BCUT2D eigenvalue weighted by Crippen LogP contribution is 2.23. The lowest BCUT2D eigenvalue weighted by molar-refractivity contribution is 0.185. The number of nitrogens with one attached hydrogen (secondary N) is 1. The van der Waals surface area contributed by atoms with Crippen molar-refractivity contribution in [2.75, 3.05) is 25.1 Å². The number of nitrogens with zero attached hydrogens (tertiary/aromatic N) is 3. The maximum atomic E-state index is 5.85. The molecule has 2 rings (SSSR count). The number of anilines is 1. The van der Waals surface area contributed by atoms with Gasteiger partial charge in [-0.05, 0) is 31.4 Å². The summed E-state index contributed by atoms with van der Waals surface area (Å²) in [5.41, 5.74) is -0.160. The minimum atomic E-state index is -0.160. The molecule has 18 heavy (non-hydrogen) atoms. The van der Waals surface area contributed by atoms with Gasteiger partial charge in [-0.2, -0.15) is 15.0 Å². The Morgan fingerprint density at radius 3 is 2.94 bits per heavy atom. The van der Waals surface area contributed by atoms with Crippen LogP contribution < -0.4 is 10.1 Å². The first-order chi connectivity index (χ1) is 8.61. The van der Waals surface area contributed by atoms with Crippen LogP contribution in [0.25, 0.3) is 0 Å². The molecule has 6 nitrogen and oxygen atoms in total. The lowest BCUT2D eigenvalue weighted by Crippen LogP contribution is -2.35. The van der Waals surface area contributed by atoms with E-state index in [-0.39, 0.29) is 16.8 Å². The maximum Gasteiger partial charge on any atom is 0.322 e. The second kappa shape index (κ2) is 5.67. The summed E-state index contributed by atoms with van der Waals surface area (Å²) in [6, 6.07) is 0.252. The van der Waals surface area contributed by atoms with Crippen LogP contribution in [0, 0.1) is 0 Å². The average molecular weight is 273 g/mol. The van der Waals surface area contributed by atoms with Crippen LogP contribution in [0.15, 0.2) is 0 Å². The molecular weight excluding hydrogens is 256 g/mol. The highest BCUT2D eigenvalue weighted by Gasteiger charge is 2.30. The predicted octanol–water partition coefficient (Wildman–Crippen LogP) is 1.90. The third kappa shape index (κ3) is 3.43. The van der Waals surface area contributed by atoms with Gasteiger partial charge >= 0.3 is 6.01 Å². The Kier molecular flexibility index (Phi) is 4.19. The van der Waals surface area contributed by atoms with E-state index < -0.39 is 0 Å². The van der Waals surface area contributed by atoms with Crippen LogP contribution >= 0.6 is 11.6 Å². The largest absolute Gasteiger partial charge is 0.463 e. The number of hydrogen-bond donors (Lipinski definition) is 1. The van der Waals surface area contributed by atoms with Gasteiger partial charge in [-0.15, -0.1) is 0 Å². The summed E-state index contributed by atoms with van der Waals surface area (Å²) >= 11 is 5.85. The fourth-order valence-corrected chi connectivity index (χ4v) is 1.83. The van der Waals surface area contributed by atoms with Crippen LogP contribution in [-0.4, -0.2) is 40.3 Å². The molecule has 1 aromatic heterocycles. The van der Waals surface area contributed by atoms with Crippen LogP contribution in [0.1, 0.15) is 26.7 Å². The van der Waals surface area contributed by atoms with E-state index in [0.717, 1.165) is 19.4 Å². The Bertz CT molecular complexity index is 410. The summed E-state index contributed by atoms with van der Waals surface area (Å²) in [5.74, 6) is 0.425. The van der Waals surface area contributed by atoms with Gasteiger partial charge in [0.05, 0.1) is 18.8 Å². The van der Waals surface area contributed by atoms with Crippen LogP contribution in [0.4, 0.5) is 5.95 Å². The van der Waals surface area contributed by atoms with Crippen molar-refractivity contribution in [2.45, 2.75) is 32.2 Å². The van der Waals surface area contributed by atoms with Crippen LogP contribution in [0.2, 0.25) is 5.28 Å². The first-order valence-corrected chi connectivity index (χ1v) is 6.39. The van der Waals surface area contributed by atoms with E-state index in [4.69, 9.17) is 21.1 Å². The zero-order valence-electron chi connectivity index (χ0n) is 10.6. The molecule has 1 aliphatic heterocycles. The highest BCUT2D eigenvalue weighted by atomic mass is 35.5. The molecule has 0 saturated carbocycles. The first kappa shape index (κ1) is 13.3. The summed E-state index contributed by atoms with van der Waals surface area (Å²) < 4.78 is 10.7. The molecule has 2 heterocycles. The maximum absolute atomic E-state index is 5.85. The highest BCUT2D eigenvalue weighted by molar-refractivity contribution is 6.28. The van der Waals surface area contributed by atoms with Crippen molar-refractivity contribution in [1.82, 2.24) is 15.0 Å². The smallest absolute Gasteiger partial charge is 0.322 e. The summed E-state index contributed by atoms with van der Waals surface area (Å²) in [6.07, 6.45) is 1.79. The fourth-order valence-electron chi connectivity index (χ4n) is 1.68. The van der Waals surface area contributed by atoms with Gasteiger partial charge in [0.25, 0.3) is 0 Å². The normalized spacial score (nSPS) is 23.1. The van der Waals surface area contributed by atoms with Crippen molar-refractivity contribution < 1.29 is 9.47 Å². The third-order valence-corrected chi connectivity index (χ3v) is 2.82. The number of ether oxygens (including phenoxy) is 2. The Morgan fingerprint density at radius 2 is 2.28 bits per heavy atom. The molecule has 1 aliphatic rings. The van der Waals surface area contributed by atoms with Crippen molar-refractivity contribution in [3.63, 3.8) is 0 Å². The average Bonchev–Trinajstić information content (AvgIpc) is 2.72. The van der Waals surface area contributed by atoms with Crippen molar-refractivity contribution in [3.05, 3.63) is 5.28 Å². The molecule has 0 radical (unpaired) electrons. The Hall–Kier alpha value is -1.14. The van der Waals surface area contributed by atoms with Crippen LogP contribution in [0.5, 0.6) is 6.01 Å². The topological polar surface area (TPSA) is 69.2 Å².